The highest BCUT2D eigenvalue weighted by Crippen LogP contribution is 2.34. The van der Waals surface area contributed by atoms with Gasteiger partial charge < -0.3 is 9.80 Å². The van der Waals surface area contributed by atoms with Gasteiger partial charge in [0, 0.05) is 47.9 Å². The van der Waals surface area contributed by atoms with Crippen molar-refractivity contribution >= 4 is 65.0 Å². The van der Waals surface area contributed by atoms with Crippen LogP contribution in [0.2, 0.25) is 0 Å². The Morgan fingerprint density at radius 1 is 0.682 bits per heavy atom. The normalized spacial score (nSPS) is 11.2. The van der Waals surface area contributed by atoms with Crippen LogP contribution in [0.5, 0.6) is 0 Å². The number of benzene rings is 2. The van der Waals surface area contributed by atoms with Crippen molar-refractivity contribution in [2.24, 2.45) is 0 Å². The Bertz CT molecular complexity index is 804. The Morgan fingerprint density at radius 2 is 1.09 bits per heavy atom. The van der Waals surface area contributed by atoms with Gasteiger partial charge in [-0.25, -0.2) is 4.98 Å². The van der Waals surface area contributed by atoms with Crippen LogP contribution in [0.1, 0.15) is 0 Å². The van der Waals surface area contributed by atoms with E-state index < -0.39 is 0 Å². The third-order valence-electron chi connectivity index (χ3n) is 3.71. The first-order valence-corrected chi connectivity index (χ1v) is 8.53. The number of aromatic nitrogens is 1. The molecule has 22 heavy (non-hydrogen) atoms. The molecule has 3 rings (SSSR count). The number of rotatable bonds is 2. The highest BCUT2D eigenvalue weighted by atomic mass is 79.9. The highest BCUT2D eigenvalue weighted by molar-refractivity contribution is 9.11. The summed E-state index contributed by atoms with van der Waals surface area (Å²) in [5.74, 6) is 0. The lowest BCUT2D eigenvalue weighted by Gasteiger charge is -2.17. The van der Waals surface area contributed by atoms with E-state index in [-0.39, 0.29) is 0 Å². The molecule has 0 spiro atoms. The molecule has 0 saturated carbocycles. The Labute approximate surface area is 147 Å². The lowest BCUT2D eigenvalue weighted by atomic mass is 10.1. The molecule has 0 atom stereocenters. The summed E-state index contributed by atoms with van der Waals surface area (Å²) in [4.78, 5) is 9.02. The Kier molecular flexibility index (Phi) is 4.03. The summed E-state index contributed by atoms with van der Waals surface area (Å²) in [6.45, 7) is 0. The Morgan fingerprint density at radius 3 is 1.45 bits per heavy atom. The van der Waals surface area contributed by atoms with Gasteiger partial charge in [0.25, 0.3) is 0 Å². The fourth-order valence-corrected chi connectivity index (χ4v) is 3.97. The third kappa shape index (κ3) is 2.68. The van der Waals surface area contributed by atoms with Crippen molar-refractivity contribution in [3.63, 3.8) is 0 Å². The minimum atomic E-state index is 1.01. The van der Waals surface area contributed by atoms with Crippen molar-refractivity contribution in [3.05, 3.63) is 39.3 Å². The van der Waals surface area contributed by atoms with Gasteiger partial charge >= 0.3 is 0 Å². The first-order valence-electron chi connectivity index (χ1n) is 6.95. The zero-order valence-corrected chi connectivity index (χ0v) is 16.2. The van der Waals surface area contributed by atoms with Crippen LogP contribution in [0.4, 0.5) is 11.4 Å². The fourth-order valence-electron chi connectivity index (χ4n) is 2.54. The molecule has 0 fully saturated rings. The van der Waals surface area contributed by atoms with Crippen LogP contribution in [0.3, 0.4) is 0 Å². The number of hydrogen-bond donors (Lipinski definition) is 0. The summed E-state index contributed by atoms with van der Waals surface area (Å²) in [5, 5.41) is 2.27. The molecule has 1 aromatic heterocycles. The molecule has 0 bridgehead atoms. The summed E-state index contributed by atoms with van der Waals surface area (Å²) >= 11 is 7.28. The van der Waals surface area contributed by atoms with Crippen molar-refractivity contribution in [2.45, 2.75) is 0 Å². The number of hydrogen-bond acceptors (Lipinski definition) is 3. The summed E-state index contributed by atoms with van der Waals surface area (Å²) in [5.41, 5.74) is 4.27. The monoisotopic (exact) mass is 421 g/mol. The van der Waals surface area contributed by atoms with Gasteiger partial charge in [0.15, 0.2) is 0 Å². The molecule has 0 amide bonds. The van der Waals surface area contributed by atoms with Gasteiger partial charge in [-0.05, 0) is 62.2 Å². The van der Waals surface area contributed by atoms with Crippen molar-refractivity contribution in [1.29, 1.82) is 0 Å². The topological polar surface area (TPSA) is 19.4 Å². The molecule has 1 heterocycles. The van der Waals surface area contributed by atoms with E-state index >= 15 is 0 Å². The van der Waals surface area contributed by atoms with Crippen molar-refractivity contribution in [3.8, 4) is 0 Å². The third-order valence-corrected chi connectivity index (χ3v) is 4.98. The predicted molar refractivity (Wildman–Crippen MR) is 103 cm³/mol. The molecular formula is C17H17Br2N3. The fraction of sp³-hybridized carbons (Fsp3) is 0.235. The van der Waals surface area contributed by atoms with Gasteiger partial charge in [0.05, 0.1) is 22.4 Å². The van der Waals surface area contributed by atoms with E-state index in [1.54, 1.807) is 0 Å². The Hall–Kier alpha value is -1.33. The molecule has 0 radical (unpaired) electrons. The lowest BCUT2D eigenvalue weighted by molar-refractivity contribution is 1.12. The minimum absolute atomic E-state index is 1.01. The molecule has 0 aliphatic heterocycles. The maximum Gasteiger partial charge on any atom is 0.0731 e. The molecule has 114 valence electrons. The summed E-state index contributed by atoms with van der Waals surface area (Å²) in [6.07, 6.45) is 0. The van der Waals surface area contributed by atoms with Gasteiger partial charge in [-0.2, -0.15) is 0 Å². The minimum Gasteiger partial charge on any atom is -0.377 e. The lowest BCUT2D eigenvalue weighted by Crippen LogP contribution is -2.10. The van der Waals surface area contributed by atoms with E-state index in [2.05, 4.69) is 72.0 Å². The second-order valence-electron chi connectivity index (χ2n) is 5.77. The van der Waals surface area contributed by atoms with Crippen molar-refractivity contribution in [2.75, 3.05) is 38.0 Å². The molecule has 0 aliphatic carbocycles. The quantitative estimate of drug-likeness (QED) is 0.539. The molecule has 0 aliphatic rings. The van der Waals surface area contributed by atoms with Gasteiger partial charge in [-0.3, -0.25) is 0 Å². The largest absolute Gasteiger partial charge is 0.377 e. The maximum absolute atomic E-state index is 4.85. The molecule has 2 aromatic carbocycles. The molecular weight excluding hydrogens is 406 g/mol. The van der Waals surface area contributed by atoms with Crippen LogP contribution in [0.25, 0.3) is 21.8 Å². The van der Waals surface area contributed by atoms with Crippen molar-refractivity contribution in [1.82, 2.24) is 4.98 Å². The maximum atomic E-state index is 4.85. The molecule has 5 heteroatoms. The van der Waals surface area contributed by atoms with Gasteiger partial charge in [-0.1, -0.05) is 0 Å². The van der Waals surface area contributed by atoms with Crippen LogP contribution in [-0.2, 0) is 0 Å². The predicted octanol–water partition coefficient (Wildman–Crippen LogP) is 5.05. The summed E-state index contributed by atoms with van der Waals surface area (Å²) < 4.78 is 2.16. The number of nitrogens with zero attached hydrogens (tertiary/aromatic N) is 3. The van der Waals surface area contributed by atoms with E-state index in [0.717, 1.165) is 42.1 Å². The van der Waals surface area contributed by atoms with E-state index in [1.165, 1.54) is 0 Å². The first-order chi connectivity index (χ1) is 10.4. The van der Waals surface area contributed by atoms with Crippen LogP contribution >= 0.6 is 31.9 Å². The van der Waals surface area contributed by atoms with E-state index in [9.17, 15) is 0 Å². The van der Waals surface area contributed by atoms with Crippen LogP contribution in [0.15, 0.2) is 39.3 Å². The number of anilines is 2. The smallest absolute Gasteiger partial charge is 0.0731 e. The molecule has 0 N–H and O–H groups in total. The second kappa shape index (κ2) is 5.70. The van der Waals surface area contributed by atoms with Gasteiger partial charge in [0.2, 0.25) is 0 Å². The molecule has 0 unspecified atom stereocenters. The number of halogens is 2. The summed E-state index contributed by atoms with van der Waals surface area (Å²) in [6, 6.07) is 10.7. The van der Waals surface area contributed by atoms with Crippen LogP contribution in [-0.4, -0.2) is 33.2 Å². The second-order valence-corrected chi connectivity index (χ2v) is 7.48. The molecule has 0 saturated heterocycles. The average Bonchev–Trinajstić information content (AvgIpc) is 2.43. The van der Waals surface area contributed by atoms with E-state index in [0.29, 0.717) is 0 Å². The number of fused-ring (bicyclic) bond motifs is 2. The van der Waals surface area contributed by atoms with Gasteiger partial charge in [-0.15, -0.1) is 0 Å². The molecule has 3 nitrogen and oxygen atoms in total. The Balaban J connectivity index is 2.31. The SMILES string of the molecule is CN(C)c1cc2nc3cc(N(C)C)c(Br)cc3cc2cc1Br. The van der Waals surface area contributed by atoms with Crippen LogP contribution < -0.4 is 9.80 Å². The summed E-state index contributed by atoms with van der Waals surface area (Å²) in [7, 11) is 8.14. The van der Waals surface area contributed by atoms with Gasteiger partial charge in [0.1, 0.15) is 0 Å². The molecule has 3 aromatic rings. The highest BCUT2D eigenvalue weighted by Gasteiger charge is 2.10. The van der Waals surface area contributed by atoms with E-state index in [4.69, 9.17) is 4.98 Å². The first kappa shape index (κ1) is 15.6. The zero-order chi connectivity index (χ0) is 16.0. The van der Waals surface area contributed by atoms with Crippen LogP contribution in [0, 0.1) is 0 Å². The standard InChI is InChI=1S/C17H17Br2N3/c1-21(2)16-8-14-10(6-12(16)18)5-11-7-13(19)17(22(3)4)9-15(11)20-14/h5-9H,1-4H3. The number of pyridine rings is 1. The van der Waals surface area contributed by atoms with Crippen molar-refractivity contribution < 1.29 is 0 Å². The van der Waals surface area contributed by atoms with E-state index in [1.807, 2.05) is 28.2 Å². The zero-order valence-electron chi connectivity index (χ0n) is 13.0. The average molecular weight is 423 g/mol.